The van der Waals surface area contributed by atoms with Crippen LogP contribution >= 0.6 is 0 Å². The summed E-state index contributed by atoms with van der Waals surface area (Å²) < 4.78 is 0. The maximum absolute atomic E-state index is 12.9. The Kier molecular flexibility index (Phi) is 5.71. The first kappa shape index (κ1) is 20.1. The Labute approximate surface area is 187 Å². The van der Waals surface area contributed by atoms with Gasteiger partial charge in [-0.2, -0.15) is 5.10 Å². The number of amides is 1. The van der Waals surface area contributed by atoms with E-state index in [0.29, 0.717) is 6.42 Å². The first-order chi connectivity index (χ1) is 15.8. The highest BCUT2D eigenvalue weighted by Gasteiger charge is 2.19. The third-order valence-corrected chi connectivity index (χ3v) is 5.87. The minimum absolute atomic E-state index is 0.0131. The van der Waals surface area contributed by atoms with Gasteiger partial charge in [-0.3, -0.25) is 9.89 Å². The summed E-state index contributed by atoms with van der Waals surface area (Å²) in [6, 6.07) is 24.2. The summed E-state index contributed by atoms with van der Waals surface area (Å²) >= 11 is 0. The minimum Gasteiger partial charge on any atom is -0.370 e. The van der Waals surface area contributed by atoms with E-state index in [-0.39, 0.29) is 5.91 Å². The third-order valence-electron chi connectivity index (χ3n) is 5.87. The lowest BCUT2D eigenvalue weighted by Gasteiger charge is -2.22. The lowest BCUT2D eigenvalue weighted by molar-refractivity contribution is -0.115. The molecule has 0 saturated carbocycles. The highest BCUT2D eigenvalue weighted by atomic mass is 16.1. The van der Waals surface area contributed by atoms with Crippen LogP contribution in [-0.4, -0.2) is 29.2 Å². The average Bonchev–Trinajstić information content (AvgIpc) is 3.48. The molecule has 3 aromatic carbocycles. The standard InChI is InChI=1S/C27H26N4O/c32-27(17-21-11-5-2-6-12-21)28-25-18-22-23(14-13-20-9-3-1-4-10-20)29-30-24(22)19-26(25)31-15-7-8-16-31/h1-6,9-14,18-19H,7-8,15-17H2,(H,28,32)(H,29,30)/b14-13+. The largest absolute Gasteiger partial charge is 0.370 e. The Hall–Kier alpha value is -3.86. The quantitative estimate of drug-likeness (QED) is 0.430. The van der Waals surface area contributed by atoms with E-state index < -0.39 is 0 Å². The zero-order valence-electron chi connectivity index (χ0n) is 17.9. The number of nitrogens with one attached hydrogen (secondary N) is 2. The molecule has 1 fully saturated rings. The fourth-order valence-corrected chi connectivity index (χ4v) is 4.24. The van der Waals surface area contributed by atoms with Gasteiger partial charge in [-0.15, -0.1) is 0 Å². The molecule has 2 N–H and O–H groups in total. The smallest absolute Gasteiger partial charge is 0.228 e. The lowest BCUT2D eigenvalue weighted by atomic mass is 10.1. The van der Waals surface area contributed by atoms with Gasteiger partial charge >= 0.3 is 0 Å². The zero-order chi connectivity index (χ0) is 21.8. The number of fused-ring (bicyclic) bond motifs is 1. The van der Waals surface area contributed by atoms with E-state index >= 15 is 0 Å². The predicted molar refractivity (Wildman–Crippen MR) is 132 cm³/mol. The van der Waals surface area contributed by atoms with Crippen LogP contribution in [0.15, 0.2) is 72.8 Å². The maximum Gasteiger partial charge on any atom is 0.228 e. The monoisotopic (exact) mass is 422 g/mol. The van der Waals surface area contributed by atoms with Gasteiger partial charge in [0.25, 0.3) is 0 Å². The highest BCUT2D eigenvalue weighted by Crippen LogP contribution is 2.34. The SMILES string of the molecule is O=C(Cc1ccccc1)Nc1cc2c(/C=C/c3ccccc3)n[nH]c2cc1N1CCCC1. The van der Waals surface area contributed by atoms with Crippen molar-refractivity contribution in [1.29, 1.82) is 0 Å². The summed E-state index contributed by atoms with van der Waals surface area (Å²) in [4.78, 5) is 15.2. The normalized spacial score (nSPS) is 13.8. The van der Waals surface area contributed by atoms with Gasteiger partial charge in [0.2, 0.25) is 5.91 Å². The summed E-state index contributed by atoms with van der Waals surface area (Å²) in [5, 5.41) is 11.9. The molecule has 2 heterocycles. The first-order valence-corrected chi connectivity index (χ1v) is 11.1. The van der Waals surface area contributed by atoms with Crippen LogP contribution in [0.2, 0.25) is 0 Å². The summed E-state index contributed by atoms with van der Waals surface area (Å²) in [6.07, 6.45) is 6.76. The number of rotatable bonds is 6. The van der Waals surface area contributed by atoms with Crippen LogP contribution in [0.1, 0.15) is 29.7 Å². The second kappa shape index (κ2) is 9.10. The molecular formula is C27H26N4O. The Morgan fingerprint density at radius 3 is 2.44 bits per heavy atom. The second-order valence-electron chi connectivity index (χ2n) is 8.17. The van der Waals surface area contributed by atoms with Crippen LogP contribution in [0.5, 0.6) is 0 Å². The molecule has 0 unspecified atom stereocenters. The van der Waals surface area contributed by atoms with Crippen molar-refractivity contribution in [1.82, 2.24) is 10.2 Å². The Bertz CT molecular complexity index is 1240. The molecule has 4 aromatic rings. The number of hydrogen-bond acceptors (Lipinski definition) is 3. The lowest BCUT2D eigenvalue weighted by Crippen LogP contribution is -2.22. The first-order valence-electron chi connectivity index (χ1n) is 11.1. The number of carbonyl (C=O) groups excluding carboxylic acids is 1. The fourth-order valence-electron chi connectivity index (χ4n) is 4.24. The van der Waals surface area contributed by atoms with Crippen molar-refractivity contribution in [2.45, 2.75) is 19.3 Å². The van der Waals surface area contributed by atoms with Crippen LogP contribution in [0.4, 0.5) is 11.4 Å². The predicted octanol–water partition coefficient (Wildman–Crippen LogP) is 5.51. The van der Waals surface area contributed by atoms with Crippen molar-refractivity contribution < 1.29 is 4.79 Å². The molecule has 0 atom stereocenters. The van der Waals surface area contributed by atoms with Crippen LogP contribution in [0.3, 0.4) is 0 Å². The molecule has 5 nitrogen and oxygen atoms in total. The topological polar surface area (TPSA) is 61.0 Å². The summed E-state index contributed by atoms with van der Waals surface area (Å²) in [5.41, 5.74) is 5.85. The molecule has 1 aromatic heterocycles. The molecular weight excluding hydrogens is 396 g/mol. The molecule has 0 aliphatic carbocycles. The molecule has 1 aliphatic rings. The maximum atomic E-state index is 12.9. The van der Waals surface area contributed by atoms with Crippen molar-refractivity contribution in [2.75, 3.05) is 23.3 Å². The van der Waals surface area contributed by atoms with E-state index in [9.17, 15) is 4.79 Å². The van der Waals surface area contributed by atoms with Crippen molar-refractivity contribution in [2.24, 2.45) is 0 Å². The van der Waals surface area contributed by atoms with E-state index in [2.05, 4.69) is 50.8 Å². The number of benzene rings is 3. The number of aromatic nitrogens is 2. The van der Waals surface area contributed by atoms with Gasteiger partial charge in [0.1, 0.15) is 0 Å². The van der Waals surface area contributed by atoms with Gasteiger partial charge in [0.05, 0.1) is 29.0 Å². The van der Waals surface area contributed by atoms with Crippen molar-refractivity contribution in [3.8, 4) is 0 Å². The molecule has 0 radical (unpaired) electrons. The number of carbonyl (C=O) groups is 1. The van der Waals surface area contributed by atoms with Crippen molar-refractivity contribution in [3.63, 3.8) is 0 Å². The molecule has 160 valence electrons. The van der Waals surface area contributed by atoms with Gasteiger partial charge in [0, 0.05) is 18.5 Å². The van der Waals surface area contributed by atoms with Gasteiger partial charge in [-0.05, 0) is 42.2 Å². The molecule has 5 rings (SSSR count). The van der Waals surface area contributed by atoms with Crippen LogP contribution in [0, 0.1) is 0 Å². The number of aromatic amines is 1. The average molecular weight is 423 g/mol. The van der Waals surface area contributed by atoms with Gasteiger partial charge in [-0.25, -0.2) is 0 Å². The number of nitrogens with zero attached hydrogens (tertiary/aromatic N) is 2. The Balaban J connectivity index is 1.47. The van der Waals surface area contributed by atoms with E-state index in [0.717, 1.165) is 52.2 Å². The third kappa shape index (κ3) is 4.42. The summed E-state index contributed by atoms with van der Waals surface area (Å²) in [6.45, 7) is 2.00. The molecule has 0 bridgehead atoms. The Morgan fingerprint density at radius 1 is 0.969 bits per heavy atom. The molecule has 5 heteroatoms. The number of hydrogen-bond donors (Lipinski definition) is 2. The van der Waals surface area contributed by atoms with Crippen LogP contribution in [-0.2, 0) is 11.2 Å². The zero-order valence-corrected chi connectivity index (χ0v) is 17.9. The molecule has 1 saturated heterocycles. The molecule has 1 amide bonds. The van der Waals surface area contributed by atoms with E-state index in [4.69, 9.17) is 0 Å². The number of anilines is 2. The van der Waals surface area contributed by atoms with Crippen molar-refractivity contribution >= 4 is 40.3 Å². The minimum atomic E-state index is -0.0131. The van der Waals surface area contributed by atoms with E-state index in [1.54, 1.807) is 0 Å². The summed E-state index contributed by atoms with van der Waals surface area (Å²) in [7, 11) is 0. The highest BCUT2D eigenvalue weighted by molar-refractivity contribution is 6.02. The van der Waals surface area contributed by atoms with Gasteiger partial charge in [0.15, 0.2) is 0 Å². The summed E-state index contributed by atoms with van der Waals surface area (Å²) in [5.74, 6) is -0.0131. The fraction of sp³-hybridized carbons (Fsp3) is 0.185. The van der Waals surface area contributed by atoms with E-state index in [1.807, 2.05) is 54.6 Å². The van der Waals surface area contributed by atoms with Crippen molar-refractivity contribution in [3.05, 3.63) is 89.6 Å². The molecule has 32 heavy (non-hydrogen) atoms. The van der Waals surface area contributed by atoms with Gasteiger partial charge in [-0.1, -0.05) is 66.7 Å². The van der Waals surface area contributed by atoms with Crippen LogP contribution in [0.25, 0.3) is 23.1 Å². The molecule has 0 spiro atoms. The van der Waals surface area contributed by atoms with E-state index in [1.165, 1.54) is 12.8 Å². The second-order valence-corrected chi connectivity index (χ2v) is 8.17. The van der Waals surface area contributed by atoms with Crippen LogP contribution < -0.4 is 10.2 Å². The Morgan fingerprint density at radius 2 is 1.69 bits per heavy atom. The molecule has 1 aliphatic heterocycles. The van der Waals surface area contributed by atoms with Gasteiger partial charge < -0.3 is 10.2 Å². The number of H-pyrrole nitrogens is 1.